The van der Waals surface area contributed by atoms with Crippen LogP contribution in [0.3, 0.4) is 0 Å². The van der Waals surface area contributed by atoms with Gasteiger partial charge in [0.25, 0.3) is 0 Å². The summed E-state index contributed by atoms with van der Waals surface area (Å²) in [5.41, 5.74) is 6.10. The van der Waals surface area contributed by atoms with Crippen molar-refractivity contribution in [2.75, 3.05) is 19.6 Å². The van der Waals surface area contributed by atoms with E-state index in [9.17, 15) is 0 Å². The summed E-state index contributed by atoms with van der Waals surface area (Å²) in [7, 11) is 0. The molecule has 0 aliphatic carbocycles. The van der Waals surface area contributed by atoms with E-state index in [4.69, 9.17) is 17.3 Å². The van der Waals surface area contributed by atoms with E-state index >= 15 is 0 Å². The number of nitrogens with zero attached hydrogens (tertiary/aromatic N) is 1. The van der Waals surface area contributed by atoms with Crippen molar-refractivity contribution < 1.29 is 0 Å². The summed E-state index contributed by atoms with van der Waals surface area (Å²) in [4.78, 5) is 3.82. The monoisotopic (exact) mass is 280 g/mol. The third-order valence-electron chi connectivity index (χ3n) is 3.14. The molecule has 2 heterocycles. The predicted octanol–water partition coefficient (Wildman–Crippen LogP) is 2.99. The molecule has 1 fully saturated rings. The highest BCUT2D eigenvalue weighted by Crippen LogP contribution is 2.31. The quantitative estimate of drug-likeness (QED) is 0.923. The van der Waals surface area contributed by atoms with E-state index in [1.165, 1.54) is 11.3 Å². The van der Waals surface area contributed by atoms with Crippen LogP contribution in [0.25, 0.3) is 0 Å². The summed E-state index contributed by atoms with van der Waals surface area (Å²) < 4.78 is 0.880. The number of halogens is 2. The molecule has 1 aromatic rings. The van der Waals surface area contributed by atoms with Crippen molar-refractivity contribution in [2.24, 2.45) is 11.1 Å². The molecule has 0 aromatic carbocycles. The van der Waals surface area contributed by atoms with Crippen molar-refractivity contribution in [1.29, 1.82) is 0 Å². The Balaban J connectivity index is 0.00000128. The number of hydrogen-bond donors (Lipinski definition) is 1. The highest BCUT2D eigenvalue weighted by atomic mass is 35.5. The van der Waals surface area contributed by atoms with Gasteiger partial charge in [-0.05, 0) is 37.1 Å². The lowest BCUT2D eigenvalue weighted by atomic mass is 9.90. The molecule has 0 amide bonds. The Morgan fingerprint density at radius 2 is 2.31 bits per heavy atom. The molecule has 92 valence electrons. The number of hydrogen-bond acceptors (Lipinski definition) is 3. The van der Waals surface area contributed by atoms with Crippen molar-refractivity contribution in [3.8, 4) is 0 Å². The lowest BCUT2D eigenvalue weighted by Gasteiger charge is -2.22. The van der Waals surface area contributed by atoms with Gasteiger partial charge in [-0.15, -0.1) is 23.7 Å². The smallest absolute Gasteiger partial charge is 0.0931 e. The third kappa shape index (κ3) is 3.34. The molecule has 2 N–H and O–H groups in total. The summed E-state index contributed by atoms with van der Waals surface area (Å²) in [5, 5.41) is 0. The fourth-order valence-electron chi connectivity index (χ4n) is 2.08. The normalized spacial score (nSPS) is 25.7. The number of nitrogens with two attached hydrogens (primary N) is 1. The van der Waals surface area contributed by atoms with Crippen LogP contribution in [0.2, 0.25) is 4.34 Å². The van der Waals surface area contributed by atoms with E-state index in [0.717, 1.165) is 30.5 Å². The van der Waals surface area contributed by atoms with E-state index < -0.39 is 0 Å². The first-order valence-corrected chi connectivity index (χ1v) is 6.47. The molecular weight excluding hydrogens is 263 g/mol. The third-order valence-corrected chi connectivity index (χ3v) is 4.35. The molecule has 0 bridgehead atoms. The van der Waals surface area contributed by atoms with Gasteiger partial charge in [-0.3, -0.25) is 4.90 Å². The molecule has 1 saturated heterocycles. The predicted molar refractivity (Wildman–Crippen MR) is 73.6 cm³/mol. The van der Waals surface area contributed by atoms with Crippen LogP contribution < -0.4 is 5.73 Å². The van der Waals surface area contributed by atoms with Crippen molar-refractivity contribution in [2.45, 2.75) is 19.9 Å². The fourth-order valence-corrected chi connectivity index (χ4v) is 3.21. The highest BCUT2D eigenvalue weighted by Gasteiger charge is 2.32. The Morgan fingerprint density at radius 1 is 1.56 bits per heavy atom. The Bertz CT molecular complexity index is 342. The van der Waals surface area contributed by atoms with Gasteiger partial charge in [0.15, 0.2) is 0 Å². The van der Waals surface area contributed by atoms with Gasteiger partial charge in [0.2, 0.25) is 0 Å². The summed E-state index contributed by atoms with van der Waals surface area (Å²) in [6, 6.07) is 4.09. The maximum atomic E-state index is 5.91. The topological polar surface area (TPSA) is 29.3 Å². The molecule has 1 unspecified atom stereocenters. The van der Waals surface area contributed by atoms with E-state index in [0.29, 0.717) is 5.41 Å². The SMILES string of the molecule is CC1(CN)CCN(Cc2ccc(Cl)s2)C1.Cl. The van der Waals surface area contributed by atoms with Crippen LogP contribution in [0.15, 0.2) is 12.1 Å². The van der Waals surface area contributed by atoms with Crippen LogP contribution >= 0.6 is 35.3 Å². The minimum atomic E-state index is 0. The summed E-state index contributed by atoms with van der Waals surface area (Å²) in [5.74, 6) is 0. The summed E-state index contributed by atoms with van der Waals surface area (Å²) >= 11 is 7.58. The molecular formula is C11H18Cl2N2S. The van der Waals surface area contributed by atoms with Gasteiger partial charge in [0.1, 0.15) is 0 Å². The van der Waals surface area contributed by atoms with Crippen molar-refractivity contribution >= 4 is 35.3 Å². The zero-order chi connectivity index (χ0) is 10.9. The molecule has 2 nitrogen and oxygen atoms in total. The van der Waals surface area contributed by atoms with Crippen molar-refractivity contribution in [3.63, 3.8) is 0 Å². The van der Waals surface area contributed by atoms with Crippen LogP contribution in [-0.2, 0) is 6.54 Å². The van der Waals surface area contributed by atoms with E-state index in [2.05, 4.69) is 17.9 Å². The number of likely N-dealkylation sites (tertiary alicyclic amines) is 1. The highest BCUT2D eigenvalue weighted by molar-refractivity contribution is 7.16. The van der Waals surface area contributed by atoms with E-state index in [1.54, 1.807) is 11.3 Å². The van der Waals surface area contributed by atoms with Crippen LogP contribution in [0.5, 0.6) is 0 Å². The van der Waals surface area contributed by atoms with Crippen molar-refractivity contribution in [3.05, 3.63) is 21.3 Å². The first-order valence-electron chi connectivity index (χ1n) is 5.28. The molecule has 1 aromatic heterocycles. The minimum Gasteiger partial charge on any atom is -0.330 e. The zero-order valence-electron chi connectivity index (χ0n) is 9.41. The molecule has 0 spiro atoms. The van der Waals surface area contributed by atoms with Gasteiger partial charge in [0, 0.05) is 18.0 Å². The molecule has 5 heteroatoms. The second-order valence-corrected chi connectivity index (χ2v) is 6.48. The van der Waals surface area contributed by atoms with Gasteiger partial charge >= 0.3 is 0 Å². The Hall–Kier alpha value is 0.200. The second-order valence-electron chi connectivity index (χ2n) is 4.68. The number of rotatable bonds is 3. The van der Waals surface area contributed by atoms with Crippen LogP contribution in [0.1, 0.15) is 18.2 Å². The first-order chi connectivity index (χ1) is 7.11. The van der Waals surface area contributed by atoms with Gasteiger partial charge in [-0.25, -0.2) is 0 Å². The summed E-state index contributed by atoms with van der Waals surface area (Å²) in [6.07, 6.45) is 1.21. The van der Waals surface area contributed by atoms with Crippen LogP contribution in [-0.4, -0.2) is 24.5 Å². The van der Waals surface area contributed by atoms with E-state index in [-0.39, 0.29) is 12.4 Å². The number of thiophene rings is 1. The minimum absolute atomic E-state index is 0. The second kappa shape index (κ2) is 5.69. The molecule has 1 aliphatic heterocycles. The van der Waals surface area contributed by atoms with E-state index in [1.807, 2.05) is 6.07 Å². The standard InChI is InChI=1S/C11H17ClN2S.ClH/c1-11(7-13)4-5-14(8-11)6-9-2-3-10(12)15-9;/h2-3H,4-8,13H2,1H3;1H. The maximum Gasteiger partial charge on any atom is 0.0931 e. The van der Waals surface area contributed by atoms with Gasteiger partial charge < -0.3 is 5.73 Å². The van der Waals surface area contributed by atoms with Crippen LogP contribution in [0, 0.1) is 5.41 Å². The lowest BCUT2D eigenvalue weighted by Crippen LogP contribution is -2.30. The average Bonchev–Trinajstić information content (AvgIpc) is 2.76. The Kier molecular flexibility index (Phi) is 5.08. The van der Waals surface area contributed by atoms with Gasteiger partial charge in [0.05, 0.1) is 4.34 Å². The first kappa shape index (κ1) is 14.3. The molecule has 1 aliphatic rings. The molecule has 2 rings (SSSR count). The van der Waals surface area contributed by atoms with Gasteiger partial charge in [-0.1, -0.05) is 18.5 Å². The maximum absolute atomic E-state index is 5.91. The fraction of sp³-hybridized carbons (Fsp3) is 0.636. The van der Waals surface area contributed by atoms with Crippen LogP contribution in [0.4, 0.5) is 0 Å². The Morgan fingerprint density at radius 3 is 2.81 bits per heavy atom. The molecule has 1 atom stereocenters. The van der Waals surface area contributed by atoms with Crippen molar-refractivity contribution in [1.82, 2.24) is 4.90 Å². The lowest BCUT2D eigenvalue weighted by molar-refractivity contribution is 0.276. The largest absolute Gasteiger partial charge is 0.330 e. The molecule has 0 radical (unpaired) electrons. The Labute approximate surface area is 112 Å². The molecule has 16 heavy (non-hydrogen) atoms. The average molecular weight is 281 g/mol. The summed E-state index contributed by atoms with van der Waals surface area (Å²) in [6.45, 7) is 6.35. The van der Waals surface area contributed by atoms with Gasteiger partial charge in [-0.2, -0.15) is 0 Å². The zero-order valence-corrected chi connectivity index (χ0v) is 11.8. The molecule has 0 saturated carbocycles.